The molecule has 0 bridgehead atoms. The van der Waals surface area contributed by atoms with Crippen LogP contribution in [0.4, 0.5) is 0 Å². The SMILES string of the molecule is CCc1cccc(Oc2ccc([C@H](C)O)c(Br)c2)c1. The number of aliphatic hydroxyl groups is 1. The molecule has 2 rings (SSSR count). The fourth-order valence-electron chi connectivity index (χ4n) is 1.88. The predicted molar refractivity (Wildman–Crippen MR) is 80.7 cm³/mol. The highest BCUT2D eigenvalue weighted by molar-refractivity contribution is 9.10. The maximum absolute atomic E-state index is 9.58. The van der Waals surface area contributed by atoms with Gasteiger partial charge in [0.25, 0.3) is 0 Å². The van der Waals surface area contributed by atoms with Crippen LogP contribution in [0, 0.1) is 0 Å². The van der Waals surface area contributed by atoms with Crippen LogP contribution in [0.1, 0.15) is 31.1 Å². The molecule has 1 N–H and O–H groups in total. The summed E-state index contributed by atoms with van der Waals surface area (Å²) in [7, 11) is 0. The first-order chi connectivity index (χ1) is 9.10. The fourth-order valence-corrected chi connectivity index (χ4v) is 2.56. The van der Waals surface area contributed by atoms with Crippen molar-refractivity contribution in [2.75, 3.05) is 0 Å². The lowest BCUT2D eigenvalue weighted by atomic mass is 10.1. The zero-order valence-electron chi connectivity index (χ0n) is 11.1. The summed E-state index contributed by atoms with van der Waals surface area (Å²) in [6.45, 7) is 3.86. The Labute approximate surface area is 122 Å². The lowest BCUT2D eigenvalue weighted by Gasteiger charge is -2.11. The summed E-state index contributed by atoms with van der Waals surface area (Å²) in [6, 6.07) is 13.7. The minimum absolute atomic E-state index is 0.494. The van der Waals surface area contributed by atoms with E-state index in [0.29, 0.717) is 0 Å². The molecule has 0 saturated heterocycles. The van der Waals surface area contributed by atoms with Crippen LogP contribution in [0.5, 0.6) is 11.5 Å². The predicted octanol–water partition coefficient (Wildman–Crippen LogP) is 4.86. The van der Waals surface area contributed by atoms with Crippen LogP contribution >= 0.6 is 15.9 Å². The average molecular weight is 321 g/mol. The first kappa shape index (κ1) is 14.1. The molecule has 0 saturated carbocycles. The Morgan fingerprint density at radius 2 is 1.89 bits per heavy atom. The van der Waals surface area contributed by atoms with Crippen LogP contribution in [0.15, 0.2) is 46.9 Å². The van der Waals surface area contributed by atoms with E-state index >= 15 is 0 Å². The van der Waals surface area contributed by atoms with E-state index in [1.807, 2.05) is 36.4 Å². The third kappa shape index (κ3) is 3.58. The highest BCUT2D eigenvalue weighted by Crippen LogP contribution is 2.30. The number of hydrogen-bond acceptors (Lipinski definition) is 2. The molecule has 3 heteroatoms. The van der Waals surface area contributed by atoms with Gasteiger partial charge in [0.2, 0.25) is 0 Å². The number of rotatable bonds is 4. The van der Waals surface area contributed by atoms with Gasteiger partial charge in [0.15, 0.2) is 0 Å². The number of ether oxygens (including phenoxy) is 1. The van der Waals surface area contributed by atoms with E-state index in [9.17, 15) is 5.11 Å². The molecule has 0 spiro atoms. The van der Waals surface area contributed by atoms with Crippen LogP contribution in [-0.4, -0.2) is 5.11 Å². The van der Waals surface area contributed by atoms with Gasteiger partial charge >= 0.3 is 0 Å². The van der Waals surface area contributed by atoms with Gasteiger partial charge in [-0.2, -0.15) is 0 Å². The van der Waals surface area contributed by atoms with E-state index in [2.05, 4.69) is 28.9 Å². The summed E-state index contributed by atoms with van der Waals surface area (Å²) in [5, 5.41) is 9.58. The second kappa shape index (κ2) is 6.22. The lowest BCUT2D eigenvalue weighted by molar-refractivity contribution is 0.198. The summed E-state index contributed by atoms with van der Waals surface area (Å²) in [5.74, 6) is 1.58. The summed E-state index contributed by atoms with van der Waals surface area (Å²) in [6.07, 6.45) is 0.494. The van der Waals surface area contributed by atoms with Crippen molar-refractivity contribution >= 4 is 15.9 Å². The molecule has 0 aliphatic carbocycles. The quantitative estimate of drug-likeness (QED) is 0.871. The molecule has 2 nitrogen and oxygen atoms in total. The van der Waals surface area contributed by atoms with Gasteiger partial charge in [-0.05, 0) is 48.7 Å². The third-order valence-corrected chi connectivity index (χ3v) is 3.65. The molecule has 2 aromatic rings. The highest BCUT2D eigenvalue weighted by atomic mass is 79.9. The molecule has 0 aliphatic rings. The molecular weight excluding hydrogens is 304 g/mol. The van der Waals surface area contributed by atoms with Crippen molar-refractivity contribution in [1.29, 1.82) is 0 Å². The van der Waals surface area contributed by atoms with E-state index in [-0.39, 0.29) is 0 Å². The number of aliphatic hydroxyl groups excluding tert-OH is 1. The van der Waals surface area contributed by atoms with Gasteiger partial charge in [-0.25, -0.2) is 0 Å². The molecule has 0 unspecified atom stereocenters. The largest absolute Gasteiger partial charge is 0.457 e. The molecule has 0 aromatic heterocycles. The van der Waals surface area contributed by atoms with Crippen molar-refractivity contribution in [2.45, 2.75) is 26.4 Å². The standard InChI is InChI=1S/C16H17BrO2/c1-3-12-5-4-6-13(9-12)19-14-7-8-15(11(2)18)16(17)10-14/h4-11,18H,3H2,1-2H3/t11-/m0/s1. The fraction of sp³-hybridized carbons (Fsp3) is 0.250. The molecule has 1 atom stereocenters. The monoisotopic (exact) mass is 320 g/mol. The van der Waals surface area contributed by atoms with Crippen LogP contribution in [0.3, 0.4) is 0 Å². The Morgan fingerprint density at radius 3 is 2.53 bits per heavy atom. The third-order valence-electron chi connectivity index (χ3n) is 2.96. The van der Waals surface area contributed by atoms with Gasteiger partial charge in [0, 0.05) is 4.47 Å². The van der Waals surface area contributed by atoms with E-state index in [1.54, 1.807) is 6.92 Å². The Morgan fingerprint density at radius 1 is 1.16 bits per heavy atom. The van der Waals surface area contributed by atoms with Crippen LogP contribution in [-0.2, 0) is 6.42 Å². The van der Waals surface area contributed by atoms with Crippen molar-refractivity contribution in [3.8, 4) is 11.5 Å². The molecule has 19 heavy (non-hydrogen) atoms. The van der Waals surface area contributed by atoms with Gasteiger partial charge in [0.05, 0.1) is 6.10 Å². The molecule has 0 fully saturated rings. The maximum atomic E-state index is 9.58. The number of halogens is 1. The summed E-state index contributed by atoms with van der Waals surface area (Å²) in [5.41, 5.74) is 2.10. The zero-order valence-corrected chi connectivity index (χ0v) is 12.6. The molecule has 0 radical (unpaired) electrons. The average Bonchev–Trinajstić information content (AvgIpc) is 2.38. The maximum Gasteiger partial charge on any atom is 0.128 e. The first-order valence-corrected chi connectivity index (χ1v) is 7.13. The molecular formula is C16H17BrO2. The lowest BCUT2D eigenvalue weighted by Crippen LogP contribution is -1.93. The smallest absolute Gasteiger partial charge is 0.128 e. The highest BCUT2D eigenvalue weighted by Gasteiger charge is 2.07. The van der Waals surface area contributed by atoms with Crippen molar-refractivity contribution in [3.63, 3.8) is 0 Å². The van der Waals surface area contributed by atoms with Gasteiger partial charge in [-0.3, -0.25) is 0 Å². The van der Waals surface area contributed by atoms with Gasteiger partial charge in [-0.15, -0.1) is 0 Å². The van der Waals surface area contributed by atoms with E-state index in [4.69, 9.17) is 4.74 Å². The topological polar surface area (TPSA) is 29.5 Å². The number of hydrogen-bond donors (Lipinski definition) is 1. The van der Waals surface area contributed by atoms with Crippen LogP contribution < -0.4 is 4.74 Å². The molecule has 0 aliphatic heterocycles. The van der Waals surface area contributed by atoms with Crippen LogP contribution in [0.25, 0.3) is 0 Å². The van der Waals surface area contributed by atoms with E-state index in [0.717, 1.165) is 28.0 Å². The zero-order chi connectivity index (χ0) is 13.8. The van der Waals surface area contributed by atoms with Gasteiger partial charge in [0.1, 0.15) is 11.5 Å². The van der Waals surface area contributed by atoms with Gasteiger partial charge in [-0.1, -0.05) is 41.1 Å². The van der Waals surface area contributed by atoms with Crippen molar-refractivity contribution in [2.24, 2.45) is 0 Å². The molecule has 100 valence electrons. The molecule has 0 amide bonds. The number of aryl methyl sites for hydroxylation is 1. The van der Waals surface area contributed by atoms with Gasteiger partial charge < -0.3 is 9.84 Å². The van der Waals surface area contributed by atoms with Crippen molar-refractivity contribution in [3.05, 3.63) is 58.1 Å². The molecule has 0 heterocycles. The second-order valence-electron chi connectivity index (χ2n) is 4.46. The van der Waals surface area contributed by atoms with E-state index in [1.165, 1.54) is 5.56 Å². The van der Waals surface area contributed by atoms with E-state index < -0.39 is 6.10 Å². The van der Waals surface area contributed by atoms with Crippen molar-refractivity contribution in [1.82, 2.24) is 0 Å². The Balaban J connectivity index is 2.21. The summed E-state index contributed by atoms with van der Waals surface area (Å²) >= 11 is 3.45. The minimum atomic E-state index is -0.494. The Bertz CT molecular complexity index is 564. The summed E-state index contributed by atoms with van der Waals surface area (Å²) in [4.78, 5) is 0. The first-order valence-electron chi connectivity index (χ1n) is 6.34. The Hall–Kier alpha value is -1.32. The summed E-state index contributed by atoms with van der Waals surface area (Å²) < 4.78 is 6.68. The second-order valence-corrected chi connectivity index (χ2v) is 5.32. The Kier molecular flexibility index (Phi) is 4.61. The van der Waals surface area contributed by atoms with Crippen molar-refractivity contribution < 1.29 is 9.84 Å². The normalized spacial score (nSPS) is 12.2. The van der Waals surface area contributed by atoms with Crippen LogP contribution in [0.2, 0.25) is 0 Å². The minimum Gasteiger partial charge on any atom is -0.457 e. The molecule has 2 aromatic carbocycles. The number of benzene rings is 2.